The third kappa shape index (κ3) is 3.33. The van der Waals surface area contributed by atoms with Crippen LogP contribution in [-0.4, -0.2) is 46.0 Å². The Hall–Kier alpha value is -3.72. The van der Waals surface area contributed by atoms with Crippen LogP contribution in [0.2, 0.25) is 0 Å². The fraction of sp³-hybridized carbons (Fsp3) is 0.308. The summed E-state index contributed by atoms with van der Waals surface area (Å²) >= 11 is 0. The Labute approximate surface area is 199 Å². The van der Waals surface area contributed by atoms with Crippen LogP contribution in [0.25, 0.3) is 0 Å². The summed E-state index contributed by atoms with van der Waals surface area (Å²) in [5.74, 6) is -2.95. The summed E-state index contributed by atoms with van der Waals surface area (Å²) in [5, 5.41) is 12.6. The number of halogens is 2. The number of carbonyl (C=O) groups is 1. The van der Waals surface area contributed by atoms with Crippen LogP contribution in [0.15, 0.2) is 59.5 Å². The summed E-state index contributed by atoms with van der Waals surface area (Å²) in [6.07, 6.45) is 2.70. The minimum absolute atomic E-state index is 0.147. The van der Waals surface area contributed by atoms with E-state index in [1.165, 1.54) is 29.1 Å². The maximum absolute atomic E-state index is 14.6. The monoisotopic (exact) mass is 479 g/mol. The average Bonchev–Trinajstić information content (AvgIpc) is 2.81. The van der Waals surface area contributed by atoms with Crippen molar-refractivity contribution in [2.45, 2.75) is 37.5 Å². The van der Waals surface area contributed by atoms with Gasteiger partial charge in [0.1, 0.15) is 6.17 Å². The highest BCUT2D eigenvalue weighted by molar-refractivity contribution is 5.96. The van der Waals surface area contributed by atoms with E-state index in [2.05, 4.69) is 0 Å². The number of rotatable bonds is 2. The molecule has 9 heteroatoms. The first-order valence-electron chi connectivity index (χ1n) is 11.6. The summed E-state index contributed by atoms with van der Waals surface area (Å²) < 4.78 is 35.8. The predicted octanol–water partition coefficient (Wildman–Crippen LogP) is 3.08. The number of ether oxygens (including phenoxy) is 1. The highest BCUT2D eigenvalue weighted by Gasteiger charge is 2.48. The van der Waals surface area contributed by atoms with Gasteiger partial charge in [0, 0.05) is 12.3 Å². The van der Waals surface area contributed by atoms with E-state index in [9.17, 15) is 23.5 Å². The molecule has 1 aromatic heterocycles. The zero-order valence-corrected chi connectivity index (χ0v) is 18.7. The quantitative estimate of drug-likeness (QED) is 0.612. The van der Waals surface area contributed by atoms with Crippen LogP contribution < -0.4 is 10.4 Å². The number of benzene rings is 2. The average molecular weight is 479 g/mol. The van der Waals surface area contributed by atoms with Gasteiger partial charge in [-0.25, -0.2) is 8.78 Å². The van der Waals surface area contributed by atoms with Crippen LogP contribution >= 0.6 is 0 Å². The van der Waals surface area contributed by atoms with E-state index >= 15 is 0 Å². The molecule has 1 fully saturated rings. The number of hydrogen-bond acceptors (Lipinski definition) is 5. The van der Waals surface area contributed by atoms with Crippen LogP contribution in [0.1, 0.15) is 46.1 Å². The molecule has 3 aliphatic heterocycles. The van der Waals surface area contributed by atoms with E-state index < -0.39 is 40.9 Å². The third-order valence-corrected chi connectivity index (χ3v) is 7.15. The number of aryl methyl sites for hydroxylation is 1. The molecule has 35 heavy (non-hydrogen) atoms. The molecule has 6 rings (SSSR count). The van der Waals surface area contributed by atoms with Gasteiger partial charge in [0.25, 0.3) is 5.91 Å². The number of hydrogen-bond donors (Lipinski definition) is 1. The standard InChI is InChI=1S/C26H23F2N3O4/c27-19-11-16-7-4-8-22-30(17-13-35-14-17)26(34)24-25(33)21(32)9-10-29(24)31(22)23(18(16)12-20(19)28)15-5-2-1-3-6-15/h1-3,5-6,9-12,17,22-23,33H,4,7-8,13-14H2/t22-,23+/m0/s1. The van der Waals surface area contributed by atoms with Crippen molar-refractivity contribution < 1.29 is 23.4 Å². The van der Waals surface area contributed by atoms with Crippen molar-refractivity contribution in [3.05, 3.63) is 99.0 Å². The number of amides is 1. The van der Waals surface area contributed by atoms with Crippen molar-refractivity contribution in [2.24, 2.45) is 0 Å². The van der Waals surface area contributed by atoms with Gasteiger partial charge in [-0.05, 0) is 48.1 Å². The topological polar surface area (TPSA) is 75.0 Å². The SMILES string of the molecule is O=C1c2c(O)c(=O)ccn2N2[C@H](c3ccccc3)c3cc(F)c(F)cc3CCC[C@H]2N1C1COC1. The molecule has 0 unspecified atom stereocenters. The van der Waals surface area contributed by atoms with Gasteiger partial charge in [0.15, 0.2) is 23.1 Å². The van der Waals surface area contributed by atoms with Crippen LogP contribution in [0.3, 0.4) is 0 Å². The molecule has 2 atom stereocenters. The Balaban J connectivity index is 1.66. The molecule has 180 valence electrons. The number of aromatic nitrogens is 1. The van der Waals surface area contributed by atoms with Crippen molar-refractivity contribution in [3.63, 3.8) is 0 Å². The molecule has 0 saturated carbocycles. The second-order valence-corrected chi connectivity index (χ2v) is 9.16. The first kappa shape index (κ1) is 21.8. The van der Waals surface area contributed by atoms with Gasteiger partial charge in [-0.3, -0.25) is 19.3 Å². The van der Waals surface area contributed by atoms with E-state index in [-0.39, 0.29) is 11.7 Å². The number of nitrogens with zero attached hydrogens (tertiary/aromatic N) is 3. The summed E-state index contributed by atoms with van der Waals surface area (Å²) in [6, 6.07) is 12.2. The number of fused-ring (bicyclic) bond motifs is 4. The molecule has 3 aromatic rings. The van der Waals surface area contributed by atoms with Gasteiger partial charge in [-0.15, -0.1) is 0 Å². The lowest BCUT2D eigenvalue weighted by Gasteiger charge is -2.54. The van der Waals surface area contributed by atoms with Crippen LogP contribution in [0.4, 0.5) is 8.78 Å². The molecule has 0 bridgehead atoms. The van der Waals surface area contributed by atoms with Gasteiger partial charge >= 0.3 is 0 Å². The normalized spacial score (nSPS) is 21.9. The number of carbonyl (C=O) groups excluding carboxylic acids is 1. The molecule has 4 heterocycles. The Kier molecular flexibility index (Phi) is 5.10. The summed E-state index contributed by atoms with van der Waals surface area (Å²) in [7, 11) is 0. The van der Waals surface area contributed by atoms with Crippen LogP contribution in [0.5, 0.6) is 5.75 Å². The maximum Gasteiger partial charge on any atom is 0.278 e. The smallest absolute Gasteiger partial charge is 0.278 e. The fourth-order valence-electron chi connectivity index (χ4n) is 5.46. The second-order valence-electron chi connectivity index (χ2n) is 9.16. The van der Waals surface area contributed by atoms with Gasteiger partial charge in [0.2, 0.25) is 5.43 Å². The summed E-state index contributed by atoms with van der Waals surface area (Å²) in [4.78, 5) is 27.7. The molecule has 2 aromatic carbocycles. The van der Waals surface area contributed by atoms with Gasteiger partial charge in [0.05, 0.1) is 25.3 Å². The minimum Gasteiger partial charge on any atom is -0.502 e. The Morgan fingerprint density at radius 3 is 2.46 bits per heavy atom. The molecule has 1 N–H and O–H groups in total. The van der Waals surface area contributed by atoms with Crippen molar-refractivity contribution in [1.29, 1.82) is 0 Å². The van der Waals surface area contributed by atoms with E-state index in [1.807, 2.05) is 35.3 Å². The molecule has 1 saturated heterocycles. The molecule has 0 aliphatic carbocycles. The molecule has 0 spiro atoms. The third-order valence-electron chi connectivity index (χ3n) is 7.15. The van der Waals surface area contributed by atoms with Crippen LogP contribution in [-0.2, 0) is 11.2 Å². The zero-order valence-electron chi connectivity index (χ0n) is 18.7. The van der Waals surface area contributed by atoms with Gasteiger partial charge in [-0.1, -0.05) is 30.3 Å². The molecular formula is C26H23F2N3O4. The van der Waals surface area contributed by atoms with Gasteiger partial charge in [-0.2, -0.15) is 0 Å². The predicted molar refractivity (Wildman–Crippen MR) is 123 cm³/mol. The molecular weight excluding hydrogens is 456 g/mol. The van der Waals surface area contributed by atoms with Crippen LogP contribution in [0, 0.1) is 11.6 Å². The summed E-state index contributed by atoms with van der Waals surface area (Å²) in [6.45, 7) is 0.695. The molecule has 0 radical (unpaired) electrons. The Morgan fingerprint density at radius 2 is 1.74 bits per heavy atom. The highest BCUT2D eigenvalue weighted by atomic mass is 19.2. The lowest BCUT2D eigenvalue weighted by Crippen LogP contribution is -2.68. The van der Waals surface area contributed by atoms with Crippen molar-refractivity contribution >= 4 is 5.91 Å². The van der Waals surface area contributed by atoms with E-state index in [0.717, 1.165) is 5.56 Å². The molecule has 7 nitrogen and oxygen atoms in total. The van der Waals surface area contributed by atoms with E-state index in [1.54, 1.807) is 4.90 Å². The zero-order chi connectivity index (χ0) is 24.3. The maximum atomic E-state index is 14.6. The highest BCUT2D eigenvalue weighted by Crippen LogP contribution is 2.41. The van der Waals surface area contributed by atoms with Crippen molar-refractivity contribution in [3.8, 4) is 5.75 Å². The van der Waals surface area contributed by atoms with Crippen molar-refractivity contribution in [1.82, 2.24) is 9.58 Å². The lowest BCUT2D eigenvalue weighted by atomic mass is 9.88. The van der Waals surface area contributed by atoms with E-state index in [4.69, 9.17) is 4.74 Å². The first-order chi connectivity index (χ1) is 17.0. The second kappa shape index (κ2) is 8.20. The first-order valence-corrected chi connectivity index (χ1v) is 11.6. The summed E-state index contributed by atoms with van der Waals surface area (Å²) in [5.41, 5.74) is 1.24. The number of aromatic hydroxyl groups is 1. The largest absolute Gasteiger partial charge is 0.502 e. The Morgan fingerprint density at radius 1 is 1.00 bits per heavy atom. The van der Waals surface area contributed by atoms with E-state index in [0.29, 0.717) is 43.6 Å². The lowest BCUT2D eigenvalue weighted by molar-refractivity contribution is -0.0746. The minimum atomic E-state index is -0.956. The fourth-order valence-corrected chi connectivity index (χ4v) is 5.46. The molecule has 3 aliphatic rings. The Bertz CT molecular complexity index is 1370. The number of pyridine rings is 1. The van der Waals surface area contributed by atoms with Crippen molar-refractivity contribution in [2.75, 3.05) is 18.2 Å². The van der Waals surface area contributed by atoms with Gasteiger partial charge < -0.3 is 14.7 Å². The molecule has 1 amide bonds.